The first kappa shape index (κ1) is 30.6. The van der Waals surface area contributed by atoms with Gasteiger partial charge in [0.05, 0.1) is 51.4 Å². The molecule has 13 heteroatoms. The molecule has 1 aromatic heterocycles. The minimum Gasteiger partial charge on any atom is -0.496 e. The molecule has 2 heterocycles. The van der Waals surface area contributed by atoms with E-state index in [4.69, 9.17) is 44.4 Å². The fourth-order valence-electron chi connectivity index (χ4n) is 4.73. The number of carbonyl (C=O) groups is 2. The maximum atomic E-state index is 10.3. The summed E-state index contributed by atoms with van der Waals surface area (Å²) in [6, 6.07) is 5.87. The number of aliphatic imine (C=N–C) groups is 1. The molecule has 2 aliphatic rings. The molecule has 1 aliphatic carbocycles. The van der Waals surface area contributed by atoms with Crippen LogP contribution in [-0.2, 0) is 9.59 Å². The summed E-state index contributed by atoms with van der Waals surface area (Å²) in [6.45, 7) is 2.50. The first-order chi connectivity index (χ1) is 19.1. The highest BCUT2D eigenvalue weighted by Gasteiger charge is 2.38. The van der Waals surface area contributed by atoms with E-state index in [1.807, 2.05) is 19.1 Å². The average molecular weight is 563 g/mol. The minimum absolute atomic E-state index is 0.0885. The molecule has 5 N–H and O–H groups in total. The Bertz CT molecular complexity index is 1230. The van der Waals surface area contributed by atoms with Crippen molar-refractivity contribution in [1.82, 2.24) is 4.98 Å². The Labute approximate surface area is 230 Å². The SMILES string of the molecule is CCOc1cc2c(cc1OC)C(c1cnc(OC)cc1OC)=N[C@@H]1CC[C@@H](O)C[C@H]21.O=C(O)C(O)C(O)C(=O)O. The second-order valence-corrected chi connectivity index (χ2v) is 9.13. The molecule has 1 aromatic carbocycles. The van der Waals surface area contributed by atoms with E-state index in [-0.39, 0.29) is 18.1 Å². The predicted molar refractivity (Wildman–Crippen MR) is 141 cm³/mol. The van der Waals surface area contributed by atoms with Crippen LogP contribution in [-0.4, -0.2) is 100 Å². The zero-order chi connectivity index (χ0) is 29.6. The molecule has 1 fully saturated rings. The molecule has 2 unspecified atom stereocenters. The van der Waals surface area contributed by atoms with Gasteiger partial charge in [0.15, 0.2) is 23.7 Å². The highest BCUT2D eigenvalue weighted by molar-refractivity contribution is 6.16. The number of methoxy groups -OCH3 is 3. The largest absolute Gasteiger partial charge is 0.496 e. The Hall–Kier alpha value is -3.94. The van der Waals surface area contributed by atoms with Crippen LogP contribution < -0.4 is 18.9 Å². The molecule has 0 spiro atoms. The quantitative estimate of drug-likeness (QED) is 0.293. The van der Waals surface area contributed by atoms with Crippen LogP contribution in [0, 0.1) is 0 Å². The van der Waals surface area contributed by atoms with Gasteiger partial charge in [-0.25, -0.2) is 14.6 Å². The molecule has 1 aliphatic heterocycles. The number of aromatic nitrogens is 1. The number of carboxylic acid groups (broad SMARTS) is 2. The van der Waals surface area contributed by atoms with Crippen molar-refractivity contribution in [2.24, 2.45) is 4.99 Å². The van der Waals surface area contributed by atoms with Crippen LogP contribution in [0.15, 0.2) is 29.4 Å². The van der Waals surface area contributed by atoms with Gasteiger partial charge in [-0.2, -0.15) is 0 Å². The second-order valence-electron chi connectivity index (χ2n) is 9.13. The van der Waals surface area contributed by atoms with Crippen molar-refractivity contribution < 1.29 is 54.1 Å². The summed E-state index contributed by atoms with van der Waals surface area (Å²) in [6.07, 6.45) is -0.845. The molecule has 5 atom stereocenters. The Balaban J connectivity index is 0.000000378. The van der Waals surface area contributed by atoms with Crippen molar-refractivity contribution in [3.63, 3.8) is 0 Å². The fraction of sp³-hybridized carbons (Fsp3) is 0.481. The summed E-state index contributed by atoms with van der Waals surface area (Å²) in [4.78, 5) is 29.0. The number of nitrogens with zero attached hydrogens (tertiary/aromatic N) is 2. The van der Waals surface area contributed by atoms with Crippen LogP contribution in [0.4, 0.5) is 0 Å². The van der Waals surface area contributed by atoms with Crippen molar-refractivity contribution in [3.05, 3.63) is 41.1 Å². The normalized spacial score (nSPS) is 20.8. The second kappa shape index (κ2) is 13.4. The van der Waals surface area contributed by atoms with Crippen molar-refractivity contribution >= 4 is 17.7 Å². The highest BCUT2D eigenvalue weighted by Crippen LogP contribution is 2.45. The number of ether oxygens (including phenoxy) is 4. The van der Waals surface area contributed by atoms with Crippen LogP contribution in [0.1, 0.15) is 48.8 Å². The molecule has 40 heavy (non-hydrogen) atoms. The molecular formula is C27H34N2O11. The van der Waals surface area contributed by atoms with Crippen molar-refractivity contribution in [2.45, 2.75) is 56.5 Å². The van der Waals surface area contributed by atoms with E-state index in [1.54, 1.807) is 33.6 Å². The first-order valence-corrected chi connectivity index (χ1v) is 12.6. The molecule has 4 rings (SSSR count). The van der Waals surface area contributed by atoms with Gasteiger partial charge < -0.3 is 44.5 Å². The van der Waals surface area contributed by atoms with E-state index in [2.05, 4.69) is 4.98 Å². The number of benzene rings is 1. The number of pyridine rings is 1. The van der Waals surface area contributed by atoms with Crippen molar-refractivity contribution in [1.29, 1.82) is 0 Å². The van der Waals surface area contributed by atoms with Crippen LogP contribution in [0.3, 0.4) is 0 Å². The molecule has 0 radical (unpaired) electrons. The number of aliphatic hydroxyl groups is 3. The minimum atomic E-state index is -2.27. The van der Waals surface area contributed by atoms with Gasteiger partial charge in [-0.05, 0) is 43.9 Å². The van der Waals surface area contributed by atoms with E-state index < -0.39 is 24.1 Å². The van der Waals surface area contributed by atoms with Gasteiger partial charge in [0.25, 0.3) is 0 Å². The summed E-state index contributed by atoms with van der Waals surface area (Å²) < 4.78 is 22.3. The van der Waals surface area contributed by atoms with Crippen molar-refractivity contribution in [3.8, 4) is 23.1 Å². The summed E-state index contributed by atoms with van der Waals surface area (Å²) >= 11 is 0. The number of hydrogen-bond acceptors (Lipinski definition) is 11. The monoisotopic (exact) mass is 562 g/mol. The molecule has 218 valence electrons. The lowest BCUT2D eigenvalue weighted by Crippen LogP contribution is -2.39. The van der Waals surface area contributed by atoms with Crippen LogP contribution in [0.2, 0.25) is 0 Å². The number of fused-ring (bicyclic) bond motifs is 3. The zero-order valence-electron chi connectivity index (χ0n) is 22.6. The Morgan fingerprint density at radius 3 is 2.12 bits per heavy atom. The van der Waals surface area contributed by atoms with Gasteiger partial charge in [-0.15, -0.1) is 0 Å². The van der Waals surface area contributed by atoms with Crippen LogP contribution in [0.25, 0.3) is 0 Å². The fourth-order valence-corrected chi connectivity index (χ4v) is 4.73. The number of carboxylic acids is 2. The summed E-state index contributed by atoms with van der Waals surface area (Å²) in [5, 5.41) is 42.8. The van der Waals surface area contributed by atoms with Gasteiger partial charge in [-0.3, -0.25) is 4.99 Å². The number of aliphatic carboxylic acids is 2. The van der Waals surface area contributed by atoms with E-state index in [0.29, 0.717) is 36.2 Å². The van der Waals surface area contributed by atoms with Crippen LogP contribution >= 0.6 is 0 Å². The molecule has 2 aromatic rings. The standard InChI is InChI=1S/C23H28N2O5.C4H6O6/c1-5-30-21-9-14-15-8-13(26)6-7-18(15)25-23(16(14)10-20(21)28-3)17-12-24-22(29-4)11-19(17)27-2;5-1(3(7)8)2(6)4(9)10/h9-13,15,18,26H,5-8H2,1-4H3;1-2,5-6H,(H,7,8)(H,9,10)/t13-,15-,18-;/m1./s1. The van der Waals surface area contributed by atoms with Gasteiger partial charge in [0.1, 0.15) is 5.75 Å². The maximum Gasteiger partial charge on any atom is 0.335 e. The topological polar surface area (TPSA) is 197 Å². The van der Waals surface area contributed by atoms with E-state index >= 15 is 0 Å². The molecule has 13 nitrogen and oxygen atoms in total. The third-order valence-corrected chi connectivity index (χ3v) is 6.70. The third-order valence-electron chi connectivity index (χ3n) is 6.70. The lowest BCUT2D eigenvalue weighted by atomic mass is 9.74. The average Bonchev–Trinajstić information content (AvgIpc) is 2.95. The number of hydrogen-bond donors (Lipinski definition) is 5. The van der Waals surface area contributed by atoms with Gasteiger partial charge >= 0.3 is 11.9 Å². The van der Waals surface area contributed by atoms with E-state index in [0.717, 1.165) is 35.2 Å². The molecule has 1 saturated carbocycles. The Morgan fingerprint density at radius 1 is 0.925 bits per heavy atom. The molecule has 0 bridgehead atoms. The summed E-state index contributed by atoms with van der Waals surface area (Å²) in [7, 11) is 4.83. The smallest absolute Gasteiger partial charge is 0.335 e. The number of rotatable bonds is 9. The third kappa shape index (κ3) is 6.61. The Morgan fingerprint density at radius 2 is 1.57 bits per heavy atom. The van der Waals surface area contributed by atoms with Gasteiger partial charge in [0.2, 0.25) is 5.88 Å². The van der Waals surface area contributed by atoms with Crippen molar-refractivity contribution in [2.75, 3.05) is 27.9 Å². The van der Waals surface area contributed by atoms with Gasteiger partial charge in [0, 0.05) is 23.7 Å². The highest BCUT2D eigenvalue weighted by atomic mass is 16.5. The lowest BCUT2D eigenvalue weighted by Gasteiger charge is -2.37. The molecule has 0 saturated heterocycles. The molecular weight excluding hydrogens is 528 g/mol. The predicted octanol–water partition coefficient (Wildman–Crippen LogP) is 1.23. The first-order valence-electron chi connectivity index (χ1n) is 12.6. The Kier molecular flexibility index (Phi) is 10.3. The number of aliphatic hydroxyl groups excluding tert-OH is 3. The lowest BCUT2D eigenvalue weighted by molar-refractivity contribution is -0.165. The van der Waals surface area contributed by atoms with Crippen LogP contribution in [0.5, 0.6) is 23.1 Å². The molecule has 0 amide bonds. The summed E-state index contributed by atoms with van der Waals surface area (Å²) in [5.74, 6) is -0.916. The van der Waals surface area contributed by atoms with Gasteiger partial charge in [-0.1, -0.05) is 0 Å². The van der Waals surface area contributed by atoms with E-state index in [1.165, 1.54) is 0 Å². The van der Waals surface area contributed by atoms with E-state index in [9.17, 15) is 14.7 Å². The zero-order valence-corrected chi connectivity index (χ0v) is 22.6. The maximum absolute atomic E-state index is 10.3. The summed E-state index contributed by atoms with van der Waals surface area (Å²) in [5.41, 5.74) is 3.69.